The molecule has 1 saturated heterocycles. The minimum absolute atomic E-state index is 0.181. The molecule has 0 saturated carbocycles. The molecule has 1 aromatic heterocycles. The molecule has 1 fully saturated rings. The van der Waals surface area contributed by atoms with Crippen molar-refractivity contribution < 1.29 is 18.3 Å². The van der Waals surface area contributed by atoms with E-state index in [-0.39, 0.29) is 19.6 Å². The molecule has 2 rings (SSSR count). The first kappa shape index (κ1) is 15.9. The molecule has 0 amide bonds. The van der Waals surface area contributed by atoms with E-state index in [0.717, 1.165) is 11.3 Å². The van der Waals surface area contributed by atoms with Gasteiger partial charge in [-0.15, -0.1) is 0 Å². The molecule has 2 N–H and O–H groups in total. The van der Waals surface area contributed by atoms with Gasteiger partial charge in [-0.25, -0.2) is 0 Å². The van der Waals surface area contributed by atoms with Gasteiger partial charge in [-0.2, -0.15) is 22.5 Å². The van der Waals surface area contributed by atoms with E-state index in [0.29, 0.717) is 12.8 Å². The molecule has 1 aliphatic heterocycles. The number of hydrogen-bond donors (Lipinski definition) is 2. The summed E-state index contributed by atoms with van der Waals surface area (Å²) in [5.74, 6) is -1.30. The summed E-state index contributed by atoms with van der Waals surface area (Å²) < 4.78 is 29.9. The van der Waals surface area contributed by atoms with Crippen molar-refractivity contribution in [3.05, 3.63) is 17.5 Å². The van der Waals surface area contributed by atoms with Crippen LogP contribution in [0.25, 0.3) is 0 Å². The van der Waals surface area contributed by atoms with Gasteiger partial charge < -0.3 is 5.11 Å². The van der Waals surface area contributed by atoms with Crippen LogP contribution >= 0.6 is 0 Å². The summed E-state index contributed by atoms with van der Waals surface area (Å²) in [5, 5.41) is 13.1. The van der Waals surface area contributed by atoms with Gasteiger partial charge in [0.2, 0.25) is 0 Å². The van der Waals surface area contributed by atoms with Crippen molar-refractivity contribution in [3.8, 4) is 0 Å². The van der Waals surface area contributed by atoms with Gasteiger partial charge in [-0.05, 0) is 19.8 Å². The van der Waals surface area contributed by atoms with Gasteiger partial charge >= 0.3 is 5.97 Å². The Kier molecular flexibility index (Phi) is 4.64. The van der Waals surface area contributed by atoms with Gasteiger partial charge in [-0.1, -0.05) is 0 Å². The van der Waals surface area contributed by atoms with E-state index in [1.165, 1.54) is 4.31 Å². The minimum Gasteiger partial charge on any atom is -0.481 e. The Hall–Kier alpha value is -1.45. The predicted molar refractivity (Wildman–Crippen MR) is 75.6 cm³/mol. The summed E-state index contributed by atoms with van der Waals surface area (Å²) in [4.78, 5) is 10.9. The molecule has 0 bridgehead atoms. The van der Waals surface area contributed by atoms with Crippen LogP contribution in [0.2, 0.25) is 0 Å². The highest BCUT2D eigenvalue weighted by atomic mass is 32.2. The average molecular weight is 316 g/mol. The summed E-state index contributed by atoms with van der Waals surface area (Å²) in [6.07, 6.45) is 2.47. The highest BCUT2D eigenvalue weighted by molar-refractivity contribution is 7.87. The molecule has 118 valence electrons. The van der Waals surface area contributed by atoms with E-state index in [1.54, 1.807) is 17.9 Å². The second-order valence-corrected chi connectivity index (χ2v) is 7.01. The van der Waals surface area contributed by atoms with Crippen molar-refractivity contribution in [2.75, 3.05) is 13.1 Å². The molecule has 9 heteroatoms. The van der Waals surface area contributed by atoms with Crippen LogP contribution in [0.5, 0.6) is 0 Å². The normalized spacial score (nSPS) is 18.0. The number of piperidine rings is 1. The molecule has 8 nitrogen and oxygen atoms in total. The maximum Gasteiger partial charge on any atom is 0.306 e. The van der Waals surface area contributed by atoms with Crippen molar-refractivity contribution in [3.63, 3.8) is 0 Å². The zero-order valence-corrected chi connectivity index (χ0v) is 12.9. The molecule has 0 unspecified atom stereocenters. The zero-order chi connectivity index (χ0) is 15.6. The van der Waals surface area contributed by atoms with Crippen molar-refractivity contribution >= 4 is 16.2 Å². The fraction of sp³-hybridized carbons (Fsp3) is 0.667. The Morgan fingerprint density at radius 2 is 2.10 bits per heavy atom. The molecular formula is C12H20N4O4S. The van der Waals surface area contributed by atoms with Gasteiger partial charge in [0.25, 0.3) is 10.2 Å². The Bertz CT molecular complexity index is 617. The van der Waals surface area contributed by atoms with Gasteiger partial charge in [0.15, 0.2) is 0 Å². The van der Waals surface area contributed by atoms with Crippen LogP contribution in [0.3, 0.4) is 0 Å². The van der Waals surface area contributed by atoms with Crippen molar-refractivity contribution in [2.45, 2.75) is 26.3 Å². The first-order valence-corrected chi connectivity index (χ1v) is 8.20. The molecule has 0 aliphatic carbocycles. The van der Waals surface area contributed by atoms with Gasteiger partial charge in [0.1, 0.15) is 0 Å². The number of aromatic nitrogens is 2. The molecule has 1 aromatic rings. The standard InChI is InChI=1S/C12H20N4O4S/c1-9-11(8-15(2)14-9)7-13-21(19,20)16-5-3-10(4-6-16)12(17)18/h8,10,13H,3-7H2,1-2H3,(H,17,18). The zero-order valence-electron chi connectivity index (χ0n) is 12.1. The van der Waals surface area contributed by atoms with E-state index in [1.807, 2.05) is 6.92 Å². The van der Waals surface area contributed by atoms with E-state index in [9.17, 15) is 13.2 Å². The number of nitrogens with zero attached hydrogens (tertiary/aromatic N) is 3. The van der Waals surface area contributed by atoms with Crippen LogP contribution in [0, 0.1) is 12.8 Å². The number of carboxylic acids is 1. The molecule has 0 spiro atoms. The monoisotopic (exact) mass is 316 g/mol. The Morgan fingerprint density at radius 1 is 1.48 bits per heavy atom. The van der Waals surface area contributed by atoms with Gasteiger partial charge in [0, 0.05) is 38.4 Å². The molecule has 0 atom stereocenters. The number of carboxylic acid groups (broad SMARTS) is 1. The molecule has 1 aliphatic rings. The number of aliphatic carboxylic acids is 1. The number of nitrogens with one attached hydrogen (secondary N) is 1. The smallest absolute Gasteiger partial charge is 0.306 e. The topological polar surface area (TPSA) is 105 Å². The lowest BCUT2D eigenvalue weighted by Crippen LogP contribution is -2.45. The first-order valence-electron chi connectivity index (χ1n) is 6.76. The molecule has 0 aromatic carbocycles. The molecular weight excluding hydrogens is 296 g/mol. The van der Waals surface area contributed by atoms with Crippen LogP contribution < -0.4 is 4.72 Å². The fourth-order valence-electron chi connectivity index (χ4n) is 2.43. The lowest BCUT2D eigenvalue weighted by atomic mass is 9.99. The van der Waals surface area contributed by atoms with Gasteiger partial charge in [-0.3, -0.25) is 9.48 Å². The summed E-state index contributed by atoms with van der Waals surface area (Å²) in [6.45, 7) is 2.47. The summed E-state index contributed by atoms with van der Waals surface area (Å²) in [6, 6.07) is 0. The van der Waals surface area contributed by atoms with Crippen LogP contribution in [0.1, 0.15) is 24.1 Å². The molecule has 0 radical (unpaired) electrons. The Labute approximate surface area is 123 Å². The maximum atomic E-state index is 12.2. The van der Waals surface area contributed by atoms with Crippen molar-refractivity contribution in [1.82, 2.24) is 18.8 Å². The summed E-state index contributed by atoms with van der Waals surface area (Å²) in [5.41, 5.74) is 1.60. The van der Waals surface area contributed by atoms with Crippen molar-refractivity contribution in [2.24, 2.45) is 13.0 Å². The number of carbonyl (C=O) groups is 1. The van der Waals surface area contributed by atoms with Crippen LogP contribution in [0.4, 0.5) is 0 Å². The van der Waals surface area contributed by atoms with Crippen LogP contribution in [-0.4, -0.2) is 46.7 Å². The van der Waals surface area contributed by atoms with E-state index < -0.39 is 22.1 Å². The first-order chi connectivity index (χ1) is 9.79. The maximum absolute atomic E-state index is 12.2. The summed E-state index contributed by atoms with van der Waals surface area (Å²) >= 11 is 0. The lowest BCUT2D eigenvalue weighted by molar-refractivity contribution is -0.142. The number of hydrogen-bond acceptors (Lipinski definition) is 4. The Balaban J connectivity index is 1.93. The molecule has 21 heavy (non-hydrogen) atoms. The van der Waals surface area contributed by atoms with E-state index >= 15 is 0 Å². The number of rotatable bonds is 5. The third-order valence-electron chi connectivity index (χ3n) is 3.70. The minimum atomic E-state index is -3.58. The van der Waals surface area contributed by atoms with E-state index in [2.05, 4.69) is 9.82 Å². The molecule has 2 heterocycles. The van der Waals surface area contributed by atoms with E-state index in [4.69, 9.17) is 5.11 Å². The third-order valence-corrected chi connectivity index (χ3v) is 5.26. The van der Waals surface area contributed by atoms with Crippen molar-refractivity contribution in [1.29, 1.82) is 0 Å². The summed E-state index contributed by atoms with van der Waals surface area (Å²) in [7, 11) is -1.81. The second kappa shape index (κ2) is 6.12. The highest BCUT2D eigenvalue weighted by Crippen LogP contribution is 2.19. The third kappa shape index (κ3) is 3.80. The largest absolute Gasteiger partial charge is 0.481 e. The van der Waals surface area contributed by atoms with Crippen LogP contribution in [-0.2, 0) is 28.6 Å². The average Bonchev–Trinajstić information content (AvgIpc) is 2.75. The number of aryl methyl sites for hydroxylation is 2. The highest BCUT2D eigenvalue weighted by Gasteiger charge is 2.30. The van der Waals surface area contributed by atoms with Gasteiger partial charge in [0.05, 0.1) is 11.6 Å². The fourth-order valence-corrected chi connectivity index (χ4v) is 3.64. The predicted octanol–water partition coefficient (Wildman–Crippen LogP) is -0.140. The Morgan fingerprint density at radius 3 is 2.57 bits per heavy atom. The quantitative estimate of drug-likeness (QED) is 0.787. The second-order valence-electron chi connectivity index (χ2n) is 5.25. The lowest BCUT2D eigenvalue weighted by Gasteiger charge is -2.29. The SMILES string of the molecule is Cc1nn(C)cc1CNS(=O)(=O)N1CCC(C(=O)O)CC1. The van der Waals surface area contributed by atoms with Crippen LogP contribution in [0.15, 0.2) is 6.20 Å².